The van der Waals surface area contributed by atoms with Crippen LogP contribution in [0.2, 0.25) is 0 Å². The lowest BCUT2D eigenvalue weighted by Gasteiger charge is -2.24. The van der Waals surface area contributed by atoms with Gasteiger partial charge in [0, 0.05) is 32.0 Å². The molecule has 0 atom stereocenters. The highest BCUT2D eigenvalue weighted by Gasteiger charge is 2.08. The van der Waals surface area contributed by atoms with Crippen LogP contribution >= 0.6 is 0 Å². The van der Waals surface area contributed by atoms with E-state index in [1.807, 2.05) is 30.3 Å². The molecule has 0 spiro atoms. The first kappa shape index (κ1) is 15.0. The smallest absolute Gasteiger partial charge is 0.328 e. The van der Waals surface area contributed by atoms with E-state index >= 15 is 0 Å². The highest BCUT2D eigenvalue weighted by Crippen LogP contribution is 2.21. The van der Waals surface area contributed by atoms with E-state index < -0.39 is 5.97 Å². The number of nitrogens with zero attached hydrogens (tertiary/aromatic N) is 1. The lowest BCUT2D eigenvalue weighted by atomic mass is 10.1. The number of rotatable bonds is 8. The highest BCUT2D eigenvalue weighted by molar-refractivity contribution is 5.87. The lowest BCUT2D eigenvalue weighted by Crippen LogP contribution is -2.27. The summed E-state index contributed by atoms with van der Waals surface area (Å²) in [4.78, 5) is 12.7. The van der Waals surface area contributed by atoms with Crippen LogP contribution in [0.25, 0.3) is 6.08 Å². The van der Waals surface area contributed by atoms with Gasteiger partial charge >= 0.3 is 5.97 Å². The molecule has 0 amide bonds. The van der Waals surface area contributed by atoms with Crippen molar-refractivity contribution in [1.82, 2.24) is 0 Å². The third kappa shape index (κ3) is 4.97. The summed E-state index contributed by atoms with van der Waals surface area (Å²) in [5.74, 6) is -0.957. The number of ether oxygens (including phenoxy) is 1. The molecule has 4 nitrogen and oxygen atoms in total. The van der Waals surface area contributed by atoms with Crippen LogP contribution in [0.3, 0.4) is 0 Å². The number of carboxylic acids is 1. The van der Waals surface area contributed by atoms with Gasteiger partial charge in [0.2, 0.25) is 0 Å². The Kier molecular flexibility index (Phi) is 6.39. The van der Waals surface area contributed by atoms with Crippen molar-refractivity contribution < 1.29 is 14.6 Å². The van der Waals surface area contributed by atoms with Gasteiger partial charge in [-0.1, -0.05) is 24.3 Å². The molecule has 0 fully saturated rings. The summed E-state index contributed by atoms with van der Waals surface area (Å²) in [5, 5.41) is 8.71. The molecule has 0 aliphatic rings. The van der Waals surface area contributed by atoms with Crippen molar-refractivity contribution >= 4 is 17.7 Å². The van der Waals surface area contributed by atoms with E-state index in [2.05, 4.69) is 11.5 Å². The summed E-state index contributed by atoms with van der Waals surface area (Å²) < 4.78 is 5.09. The maximum absolute atomic E-state index is 10.6. The summed E-state index contributed by atoms with van der Waals surface area (Å²) in [5.41, 5.74) is 1.83. The number of aliphatic carboxylic acids is 1. The average Bonchev–Trinajstić information content (AvgIpc) is 2.41. The molecule has 0 aliphatic heterocycles. The van der Waals surface area contributed by atoms with Crippen molar-refractivity contribution in [3.63, 3.8) is 0 Å². The minimum atomic E-state index is -0.957. The Balaban J connectivity index is 3.00. The normalized spacial score (nSPS) is 10.6. The monoisotopic (exact) mass is 261 g/mol. The third-order valence-corrected chi connectivity index (χ3v) is 2.60. The van der Waals surface area contributed by atoms with Crippen LogP contribution in [0.4, 0.5) is 5.69 Å². The predicted octanol–water partition coefficient (Wildman–Crippen LogP) is 2.42. The topological polar surface area (TPSA) is 49.8 Å². The van der Waals surface area contributed by atoms with E-state index in [9.17, 15) is 4.79 Å². The number of anilines is 1. The van der Waals surface area contributed by atoms with Crippen molar-refractivity contribution in [3.8, 4) is 0 Å². The Hall–Kier alpha value is -2.07. The maximum atomic E-state index is 10.6. The van der Waals surface area contributed by atoms with E-state index in [-0.39, 0.29) is 0 Å². The molecule has 0 aromatic heterocycles. The van der Waals surface area contributed by atoms with Gasteiger partial charge in [-0.2, -0.15) is 0 Å². The van der Waals surface area contributed by atoms with Gasteiger partial charge in [0.15, 0.2) is 0 Å². The fourth-order valence-corrected chi connectivity index (χ4v) is 1.74. The van der Waals surface area contributed by atoms with Gasteiger partial charge in [0.25, 0.3) is 0 Å². The fraction of sp³-hybridized carbons (Fsp3) is 0.267. The molecule has 0 radical (unpaired) electrons. The summed E-state index contributed by atoms with van der Waals surface area (Å²) in [6.07, 6.45) is 4.55. The molecule has 4 heteroatoms. The molecule has 1 aromatic carbocycles. The van der Waals surface area contributed by atoms with Crippen LogP contribution in [0.5, 0.6) is 0 Å². The van der Waals surface area contributed by atoms with Gasteiger partial charge in [0.05, 0.1) is 6.61 Å². The average molecular weight is 261 g/mol. The summed E-state index contributed by atoms with van der Waals surface area (Å²) in [6.45, 7) is 5.75. The van der Waals surface area contributed by atoms with E-state index in [1.54, 1.807) is 13.2 Å². The zero-order valence-electron chi connectivity index (χ0n) is 11.1. The molecule has 0 saturated heterocycles. The number of hydrogen-bond donors (Lipinski definition) is 1. The molecule has 0 saturated carbocycles. The van der Waals surface area contributed by atoms with E-state index in [4.69, 9.17) is 9.84 Å². The standard InChI is InChI=1S/C15H19NO3/c1-3-10-16(11-12-19-2)14-7-5-4-6-13(14)8-9-15(17)18/h3-9H,1,10-12H2,2H3,(H,17,18)/b9-8+. The SMILES string of the molecule is C=CCN(CCOC)c1ccccc1/C=C/C(=O)O. The second-order valence-corrected chi connectivity index (χ2v) is 3.96. The molecular weight excluding hydrogens is 242 g/mol. The zero-order valence-corrected chi connectivity index (χ0v) is 11.1. The van der Waals surface area contributed by atoms with Gasteiger partial charge in [0.1, 0.15) is 0 Å². The van der Waals surface area contributed by atoms with Crippen LogP contribution in [-0.4, -0.2) is 37.9 Å². The maximum Gasteiger partial charge on any atom is 0.328 e. The Morgan fingerprint density at radius 2 is 2.21 bits per heavy atom. The van der Waals surface area contributed by atoms with Gasteiger partial charge in [-0.3, -0.25) is 0 Å². The second-order valence-electron chi connectivity index (χ2n) is 3.96. The number of carbonyl (C=O) groups is 1. The Morgan fingerprint density at radius 3 is 2.84 bits per heavy atom. The van der Waals surface area contributed by atoms with E-state index in [1.165, 1.54) is 0 Å². The molecule has 1 rings (SSSR count). The zero-order chi connectivity index (χ0) is 14.1. The van der Waals surface area contributed by atoms with Crippen molar-refractivity contribution in [1.29, 1.82) is 0 Å². The quantitative estimate of drug-likeness (QED) is 0.577. The lowest BCUT2D eigenvalue weighted by molar-refractivity contribution is -0.131. The summed E-state index contributed by atoms with van der Waals surface area (Å²) in [7, 11) is 1.66. The minimum Gasteiger partial charge on any atom is -0.478 e. The highest BCUT2D eigenvalue weighted by atomic mass is 16.5. The van der Waals surface area contributed by atoms with Gasteiger partial charge in [-0.05, 0) is 17.7 Å². The van der Waals surface area contributed by atoms with Gasteiger partial charge < -0.3 is 14.7 Å². The predicted molar refractivity (Wildman–Crippen MR) is 77.4 cm³/mol. The van der Waals surface area contributed by atoms with Crippen molar-refractivity contribution in [3.05, 3.63) is 48.6 Å². The Morgan fingerprint density at radius 1 is 1.47 bits per heavy atom. The first-order chi connectivity index (χ1) is 9.19. The van der Waals surface area contributed by atoms with Crippen molar-refractivity contribution in [2.24, 2.45) is 0 Å². The summed E-state index contributed by atoms with van der Waals surface area (Å²) >= 11 is 0. The van der Waals surface area contributed by atoms with Crippen LogP contribution in [0, 0.1) is 0 Å². The molecular formula is C15H19NO3. The minimum absolute atomic E-state index is 0.602. The number of hydrogen-bond acceptors (Lipinski definition) is 3. The third-order valence-electron chi connectivity index (χ3n) is 2.60. The van der Waals surface area contributed by atoms with Crippen LogP contribution < -0.4 is 4.90 Å². The van der Waals surface area contributed by atoms with Crippen molar-refractivity contribution in [2.75, 3.05) is 31.7 Å². The van der Waals surface area contributed by atoms with E-state index in [0.29, 0.717) is 13.2 Å². The molecule has 1 N–H and O–H groups in total. The molecule has 1 aromatic rings. The Labute approximate surface area is 113 Å². The molecule has 0 aliphatic carbocycles. The summed E-state index contributed by atoms with van der Waals surface area (Å²) in [6, 6.07) is 7.65. The number of carboxylic acid groups (broad SMARTS) is 1. The first-order valence-electron chi connectivity index (χ1n) is 6.04. The number of benzene rings is 1. The molecule has 0 unspecified atom stereocenters. The fourth-order valence-electron chi connectivity index (χ4n) is 1.74. The van der Waals surface area contributed by atoms with Crippen LogP contribution in [-0.2, 0) is 9.53 Å². The van der Waals surface area contributed by atoms with Gasteiger partial charge in [-0.15, -0.1) is 6.58 Å². The molecule has 102 valence electrons. The molecule has 0 bridgehead atoms. The number of para-hydroxylation sites is 1. The number of methoxy groups -OCH3 is 1. The van der Waals surface area contributed by atoms with Crippen LogP contribution in [0.1, 0.15) is 5.56 Å². The van der Waals surface area contributed by atoms with E-state index in [0.717, 1.165) is 23.9 Å². The Bertz CT molecular complexity index is 454. The second kappa shape index (κ2) is 8.11. The van der Waals surface area contributed by atoms with Crippen molar-refractivity contribution in [2.45, 2.75) is 0 Å². The molecule has 19 heavy (non-hydrogen) atoms. The first-order valence-corrected chi connectivity index (χ1v) is 6.04. The van der Waals surface area contributed by atoms with Crippen LogP contribution in [0.15, 0.2) is 43.0 Å². The largest absolute Gasteiger partial charge is 0.478 e. The van der Waals surface area contributed by atoms with Gasteiger partial charge in [-0.25, -0.2) is 4.79 Å². The molecule has 0 heterocycles.